The molecule has 0 spiro atoms. The molecule has 14 heteroatoms. The predicted octanol–water partition coefficient (Wildman–Crippen LogP) is 5.19. The van der Waals surface area contributed by atoms with Crippen molar-refractivity contribution in [2.45, 2.75) is 50.4 Å². The first kappa shape index (κ1) is 25.5. The summed E-state index contributed by atoms with van der Waals surface area (Å²) in [5.41, 5.74) is -1.65. The Morgan fingerprint density at radius 3 is 1.47 bits per heavy atom. The lowest BCUT2D eigenvalue weighted by Gasteiger charge is -2.25. The fraction of sp³-hybridized carbons (Fsp3) is 0.500. The van der Waals surface area contributed by atoms with Crippen LogP contribution in [0.5, 0.6) is 11.5 Å². The van der Waals surface area contributed by atoms with Crippen molar-refractivity contribution in [3.8, 4) is 11.5 Å². The first-order valence-corrected chi connectivity index (χ1v) is 7.60. The molecule has 0 aromatic heterocycles. The number of hydrogen-bond donors (Lipinski definition) is 0. The van der Waals surface area contributed by atoms with Crippen LogP contribution in [-0.4, -0.2) is 36.1 Å². The van der Waals surface area contributed by atoms with Crippen LogP contribution in [0.2, 0.25) is 0 Å². The van der Waals surface area contributed by atoms with Crippen LogP contribution in [0.4, 0.5) is 43.9 Å². The molecule has 0 aliphatic carbocycles. The molecule has 0 fully saturated rings. The molecular formula is C16H12F10O4. The van der Waals surface area contributed by atoms with E-state index < -0.39 is 58.6 Å². The van der Waals surface area contributed by atoms with Gasteiger partial charge in [0.15, 0.2) is 0 Å². The van der Waals surface area contributed by atoms with Gasteiger partial charge in [-0.15, -0.1) is 0 Å². The number of carbonyl (C=O) groups is 2. The van der Waals surface area contributed by atoms with Crippen LogP contribution in [0, 0.1) is 0 Å². The van der Waals surface area contributed by atoms with Gasteiger partial charge < -0.3 is 9.47 Å². The monoisotopic (exact) mass is 458 g/mol. The molecule has 170 valence electrons. The fourth-order valence-electron chi connectivity index (χ4n) is 1.81. The normalized spacial score (nSPS) is 13.8. The van der Waals surface area contributed by atoms with E-state index in [1.165, 1.54) is 20.8 Å². The van der Waals surface area contributed by atoms with E-state index in [-0.39, 0.29) is 0 Å². The van der Waals surface area contributed by atoms with E-state index in [4.69, 9.17) is 0 Å². The number of carbonyl (C=O) groups excluding carboxylic acids is 2. The summed E-state index contributed by atoms with van der Waals surface area (Å²) in [5.74, 6) is -19.6. The quantitative estimate of drug-likeness (QED) is 0.354. The maximum absolute atomic E-state index is 13.1. The first-order valence-electron chi connectivity index (χ1n) is 7.60. The molecule has 0 amide bonds. The van der Waals surface area contributed by atoms with Gasteiger partial charge in [-0.3, -0.25) is 0 Å². The standard InChI is InChI=1S/C16H12F10O4/c1-12(2,3)8-6-7(29-10(27)13(17,18)15(21,22)23)4-5-9(8)30-11(28)14(19,20)16(24,25)26/h4-6H,1-3H3. The van der Waals surface area contributed by atoms with E-state index in [0.29, 0.717) is 18.2 Å². The average molecular weight is 458 g/mol. The van der Waals surface area contributed by atoms with Crippen LogP contribution in [0.1, 0.15) is 26.3 Å². The first-order chi connectivity index (χ1) is 13.1. The molecule has 0 saturated heterocycles. The zero-order valence-electron chi connectivity index (χ0n) is 15.1. The molecule has 1 aromatic carbocycles. The zero-order valence-corrected chi connectivity index (χ0v) is 15.1. The van der Waals surface area contributed by atoms with Crippen molar-refractivity contribution in [2.75, 3.05) is 0 Å². The number of rotatable bonds is 4. The molecule has 0 atom stereocenters. The Morgan fingerprint density at radius 2 is 1.10 bits per heavy atom. The number of halogens is 10. The fourth-order valence-corrected chi connectivity index (χ4v) is 1.81. The minimum absolute atomic E-state index is 0.408. The highest BCUT2D eigenvalue weighted by Crippen LogP contribution is 2.40. The van der Waals surface area contributed by atoms with Crippen LogP contribution in [0.15, 0.2) is 18.2 Å². The van der Waals surface area contributed by atoms with Crippen LogP contribution in [-0.2, 0) is 15.0 Å². The summed E-state index contributed by atoms with van der Waals surface area (Å²) in [4.78, 5) is 22.4. The van der Waals surface area contributed by atoms with Gasteiger partial charge in [-0.1, -0.05) is 20.8 Å². The van der Waals surface area contributed by atoms with Crippen molar-refractivity contribution in [1.82, 2.24) is 0 Å². The third kappa shape index (κ3) is 5.14. The van der Waals surface area contributed by atoms with Crippen molar-refractivity contribution < 1.29 is 63.0 Å². The van der Waals surface area contributed by atoms with Crippen LogP contribution < -0.4 is 9.47 Å². The van der Waals surface area contributed by atoms with Gasteiger partial charge in [0.05, 0.1) is 0 Å². The maximum Gasteiger partial charge on any atom is 0.465 e. The van der Waals surface area contributed by atoms with E-state index >= 15 is 0 Å². The summed E-state index contributed by atoms with van der Waals surface area (Å²) in [6, 6.07) is 1.55. The summed E-state index contributed by atoms with van der Waals surface area (Å²) in [7, 11) is 0. The Morgan fingerprint density at radius 1 is 0.700 bits per heavy atom. The Balaban J connectivity index is 3.30. The maximum atomic E-state index is 13.1. The van der Waals surface area contributed by atoms with Crippen LogP contribution >= 0.6 is 0 Å². The van der Waals surface area contributed by atoms with Crippen molar-refractivity contribution in [2.24, 2.45) is 0 Å². The molecule has 0 N–H and O–H groups in total. The number of esters is 2. The van der Waals surface area contributed by atoms with Gasteiger partial charge in [-0.05, 0) is 23.6 Å². The Bertz CT molecular complexity index is 819. The van der Waals surface area contributed by atoms with Gasteiger partial charge in [0, 0.05) is 5.56 Å². The summed E-state index contributed by atoms with van der Waals surface area (Å²) in [6.07, 6.45) is -12.5. The number of benzene rings is 1. The number of hydrogen-bond acceptors (Lipinski definition) is 4. The highest BCUT2D eigenvalue weighted by atomic mass is 19.4. The molecular weight excluding hydrogens is 446 g/mol. The minimum atomic E-state index is -6.27. The smallest absolute Gasteiger partial charge is 0.422 e. The molecule has 0 bridgehead atoms. The molecule has 1 aromatic rings. The van der Waals surface area contributed by atoms with Crippen molar-refractivity contribution in [1.29, 1.82) is 0 Å². The van der Waals surface area contributed by atoms with Gasteiger partial charge in [0.2, 0.25) is 0 Å². The van der Waals surface area contributed by atoms with Crippen molar-refractivity contribution in [3.05, 3.63) is 23.8 Å². The number of alkyl halides is 10. The molecule has 30 heavy (non-hydrogen) atoms. The van der Waals surface area contributed by atoms with Crippen molar-refractivity contribution in [3.63, 3.8) is 0 Å². The van der Waals surface area contributed by atoms with Crippen LogP contribution in [0.3, 0.4) is 0 Å². The van der Waals surface area contributed by atoms with Gasteiger partial charge in [-0.25, -0.2) is 9.59 Å². The molecule has 4 nitrogen and oxygen atoms in total. The molecule has 0 aliphatic rings. The molecule has 1 rings (SSSR count). The molecule has 0 heterocycles. The van der Waals surface area contributed by atoms with E-state index in [1.54, 1.807) is 0 Å². The largest absolute Gasteiger partial charge is 0.465 e. The lowest BCUT2D eigenvalue weighted by atomic mass is 9.86. The highest BCUT2D eigenvalue weighted by Gasteiger charge is 2.66. The second kappa shape index (κ2) is 7.61. The summed E-state index contributed by atoms with van der Waals surface area (Å²) >= 11 is 0. The third-order valence-corrected chi connectivity index (χ3v) is 3.40. The van der Waals surface area contributed by atoms with Gasteiger partial charge in [-0.2, -0.15) is 43.9 Å². The second-order valence-corrected chi connectivity index (χ2v) is 6.83. The van der Waals surface area contributed by atoms with E-state index in [1.807, 2.05) is 0 Å². The lowest BCUT2D eigenvalue weighted by molar-refractivity contribution is -0.277. The Labute approximate surface area is 161 Å². The highest BCUT2D eigenvalue weighted by molar-refractivity contribution is 5.82. The van der Waals surface area contributed by atoms with Crippen LogP contribution in [0.25, 0.3) is 0 Å². The Hall–Kier alpha value is -2.54. The summed E-state index contributed by atoms with van der Waals surface area (Å²) < 4.78 is 134. The SMILES string of the molecule is CC(C)(C)c1cc(OC(=O)C(F)(F)C(F)(F)F)ccc1OC(=O)C(F)(F)C(F)(F)F. The molecule has 0 radical (unpaired) electrons. The zero-order chi connectivity index (χ0) is 23.9. The Kier molecular flexibility index (Phi) is 6.47. The lowest BCUT2D eigenvalue weighted by Crippen LogP contribution is -2.46. The van der Waals surface area contributed by atoms with Crippen molar-refractivity contribution >= 4 is 11.9 Å². The minimum Gasteiger partial charge on any atom is -0.422 e. The summed E-state index contributed by atoms with van der Waals surface area (Å²) in [6.45, 7) is 3.91. The van der Waals surface area contributed by atoms with Gasteiger partial charge >= 0.3 is 36.1 Å². The molecule has 0 unspecified atom stereocenters. The topological polar surface area (TPSA) is 52.6 Å². The number of ether oxygens (including phenoxy) is 2. The van der Waals surface area contributed by atoms with E-state index in [9.17, 15) is 53.5 Å². The predicted molar refractivity (Wildman–Crippen MR) is 78.4 cm³/mol. The van der Waals surface area contributed by atoms with Gasteiger partial charge in [0.25, 0.3) is 0 Å². The average Bonchev–Trinajstić information content (AvgIpc) is 2.52. The van der Waals surface area contributed by atoms with Gasteiger partial charge in [0.1, 0.15) is 11.5 Å². The van der Waals surface area contributed by atoms with E-state index in [2.05, 4.69) is 9.47 Å². The third-order valence-electron chi connectivity index (χ3n) is 3.40. The molecule has 0 aliphatic heterocycles. The van der Waals surface area contributed by atoms with E-state index in [0.717, 1.165) is 0 Å². The summed E-state index contributed by atoms with van der Waals surface area (Å²) in [5, 5.41) is 0. The second-order valence-electron chi connectivity index (χ2n) is 6.83. The molecule has 0 saturated carbocycles.